The molecule has 1 saturated carbocycles. The first-order chi connectivity index (χ1) is 14.8. The van der Waals surface area contributed by atoms with Crippen molar-refractivity contribution in [3.05, 3.63) is 47.6 Å². The first-order valence-corrected chi connectivity index (χ1v) is 12.2. The summed E-state index contributed by atoms with van der Waals surface area (Å²) in [4.78, 5) is 28.3. The van der Waals surface area contributed by atoms with Gasteiger partial charge >= 0.3 is 0 Å². The molecular formula is C21H28N4O5S. The third-order valence-corrected chi connectivity index (χ3v) is 6.96. The molecule has 1 amide bonds. The summed E-state index contributed by atoms with van der Waals surface area (Å²) in [6, 6.07) is 7.00. The largest absolute Gasteiger partial charge is 0.351 e. The summed E-state index contributed by atoms with van der Waals surface area (Å²) in [7, 11) is -3.59. The highest BCUT2D eigenvalue weighted by molar-refractivity contribution is 7.90. The summed E-state index contributed by atoms with van der Waals surface area (Å²) >= 11 is 0. The number of rotatable bonds is 12. The summed E-state index contributed by atoms with van der Waals surface area (Å²) in [5.41, 5.74) is 6.55. The predicted octanol–water partition coefficient (Wildman–Crippen LogP) is 1.46. The minimum Gasteiger partial charge on any atom is -0.351 e. The van der Waals surface area contributed by atoms with E-state index in [1.54, 1.807) is 30.3 Å². The van der Waals surface area contributed by atoms with Crippen LogP contribution in [0.1, 0.15) is 61.7 Å². The van der Waals surface area contributed by atoms with Gasteiger partial charge in [0.05, 0.1) is 23.5 Å². The van der Waals surface area contributed by atoms with Crippen molar-refractivity contribution in [2.75, 3.05) is 5.75 Å². The quantitative estimate of drug-likeness (QED) is 0.464. The molecule has 1 heterocycles. The van der Waals surface area contributed by atoms with Gasteiger partial charge in [-0.15, -0.1) is 0 Å². The van der Waals surface area contributed by atoms with Crippen LogP contribution in [-0.4, -0.2) is 48.6 Å². The second-order valence-corrected chi connectivity index (χ2v) is 10.1. The molecule has 1 aromatic heterocycles. The van der Waals surface area contributed by atoms with Crippen LogP contribution in [0.25, 0.3) is 0 Å². The van der Waals surface area contributed by atoms with Crippen molar-refractivity contribution in [2.45, 2.75) is 62.3 Å². The molecule has 168 valence electrons. The Morgan fingerprint density at radius 2 is 2.03 bits per heavy atom. The van der Waals surface area contributed by atoms with Crippen molar-refractivity contribution in [1.82, 2.24) is 15.5 Å². The van der Waals surface area contributed by atoms with Crippen molar-refractivity contribution >= 4 is 22.0 Å². The third kappa shape index (κ3) is 6.44. The van der Waals surface area contributed by atoms with Gasteiger partial charge in [-0.3, -0.25) is 4.79 Å². The maximum atomic E-state index is 12.7. The zero-order valence-electron chi connectivity index (χ0n) is 17.4. The topological polar surface area (TPSA) is 145 Å². The Balaban J connectivity index is 1.64. The number of benzene rings is 1. The molecule has 0 radical (unpaired) electrons. The van der Waals surface area contributed by atoms with Crippen LogP contribution < -0.4 is 11.1 Å². The molecule has 10 heteroatoms. The Morgan fingerprint density at radius 1 is 1.32 bits per heavy atom. The average molecular weight is 449 g/mol. The number of aldehydes is 1. The summed E-state index contributed by atoms with van der Waals surface area (Å²) in [5, 5.41) is 6.76. The second kappa shape index (κ2) is 10.1. The number of amides is 1. The summed E-state index contributed by atoms with van der Waals surface area (Å²) < 4.78 is 30.3. The van der Waals surface area contributed by atoms with E-state index in [2.05, 4.69) is 15.5 Å². The number of nitrogens with one attached hydrogen (secondary N) is 1. The molecule has 1 aromatic carbocycles. The fourth-order valence-corrected chi connectivity index (χ4v) is 4.98. The molecule has 1 unspecified atom stereocenters. The summed E-state index contributed by atoms with van der Waals surface area (Å²) in [5.74, 6) is -0.545. The lowest BCUT2D eigenvalue weighted by atomic mass is 9.94. The lowest BCUT2D eigenvalue weighted by Crippen LogP contribution is -2.50. The van der Waals surface area contributed by atoms with Crippen molar-refractivity contribution in [3.63, 3.8) is 0 Å². The lowest BCUT2D eigenvalue weighted by Gasteiger charge is -2.24. The number of hydrogen-bond donors (Lipinski definition) is 2. The molecule has 0 spiro atoms. The van der Waals surface area contributed by atoms with E-state index < -0.39 is 39.5 Å². The van der Waals surface area contributed by atoms with Crippen molar-refractivity contribution in [3.8, 4) is 0 Å². The smallest absolute Gasteiger partial charge is 0.238 e. The second-order valence-electron chi connectivity index (χ2n) is 7.94. The van der Waals surface area contributed by atoms with Gasteiger partial charge in [-0.2, -0.15) is 4.98 Å². The minimum absolute atomic E-state index is 0.0899. The average Bonchev–Trinajstić information content (AvgIpc) is 3.47. The molecule has 0 saturated heterocycles. The molecule has 0 aliphatic heterocycles. The standard InChI is InChI=1S/C21H28N4O5S/c1-2-18(16(10-11-26)21-24-19(25-30-21)15-8-9-15)23-20(27)17(22)13-31(28,29)12-14-6-4-3-5-7-14/h3-7,11,15-18H,2,8-10,12-13,22H2,1H3,(H,23,27)/t16?,17-,18-/m0/s1. The van der Waals surface area contributed by atoms with Crippen molar-refractivity contribution < 1.29 is 22.5 Å². The van der Waals surface area contributed by atoms with Gasteiger partial charge in [-0.25, -0.2) is 8.42 Å². The SMILES string of the molecule is CC[C@H](NC(=O)[C@@H](N)CS(=O)(=O)Cc1ccccc1)C(CC=O)c1nc(C2CC2)no1. The molecular weight excluding hydrogens is 420 g/mol. The van der Waals surface area contributed by atoms with Crippen LogP contribution in [0.2, 0.25) is 0 Å². The highest BCUT2D eigenvalue weighted by Crippen LogP contribution is 2.39. The fourth-order valence-electron chi connectivity index (χ4n) is 3.46. The zero-order chi connectivity index (χ0) is 22.4. The van der Waals surface area contributed by atoms with E-state index in [0.717, 1.165) is 19.1 Å². The maximum Gasteiger partial charge on any atom is 0.238 e. The van der Waals surface area contributed by atoms with Crippen molar-refractivity contribution in [1.29, 1.82) is 0 Å². The van der Waals surface area contributed by atoms with Gasteiger partial charge in [0.2, 0.25) is 11.8 Å². The number of sulfone groups is 1. The normalized spacial score (nSPS) is 17.0. The van der Waals surface area contributed by atoms with Crippen LogP contribution >= 0.6 is 0 Å². The Labute approximate surface area is 181 Å². The molecule has 9 nitrogen and oxygen atoms in total. The van der Waals surface area contributed by atoms with Gasteiger partial charge in [0.15, 0.2) is 15.7 Å². The number of aromatic nitrogens is 2. The fraction of sp³-hybridized carbons (Fsp3) is 0.524. The number of nitrogens with zero attached hydrogens (tertiary/aromatic N) is 2. The van der Waals surface area contributed by atoms with E-state index in [9.17, 15) is 18.0 Å². The van der Waals surface area contributed by atoms with Crippen LogP contribution in [0.5, 0.6) is 0 Å². The van der Waals surface area contributed by atoms with Gasteiger partial charge in [0.1, 0.15) is 6.29 Å². The Kier molecular flexibility index (Phi) is 7.55. The molecule has 1 aliphatic carbocycles. The van der Waals surface area contributed by atoms with Gasteiger partial charge in [-0.05, 0) is 24.8 Å². The number of hydrogen-bond acceptors (Lipinski definition) is 8. The zero-order valence-corrected chi connectivity index (χ0v) is 18.3. The van der Waals surface area contributed by atoms with Crippen molar-refractivity contribution in [2.24, 2.45) is 5.73 Å². The maximum absolute atomic E-state index is 12.7. The molecule has 31 heavy (non-hydrogen) atoms. The van der Waals surface area contributed by atoms with Gasteiger partial charge < -0.3 is 20.4 Å². The van der Waals surface area contributed by atoms with Crippen LogP contribution in [0.4, 0.5) is 0 Å². The van der Waals surface area contributed by atoms with E-state index in [1.165, 1.54) is 0 Å². The van der Waals surface area contributed by atoms with Gasteiger partial charge in [0.25, 0.3) is 0 Å². The highest BCUT2D eigenvalue weighted by atomic mass is 32.2. The molecule has 1 aliphatic rings. The Hall–Kier alpha value is -2.59. The van der Waals surface area contributed by atoms with E-state index in [0.29, 0.717) is 29.6 Å². The van der Waals surface area contributed by atoms with Gasteiger partial charge in [0, 0.05) is 18.4 Å². The Morgan fingerprint density at radius 3 is 2.65 bits per heavy atom. The Bertz CT molecular complexity index is 988. The highest BCUT2D eigenvalue weighted by Gasteiger charge is 2.34. The van der Waals surface area contributed by atoms with Crippen LogP contribution in [0, 0.1) is 0 Å². The van der Waals surface area contributed by atoms with E-state index in [-0.39, 0.29) is 12.2 Å². The number of carbonyl (C=O) groups is 2. The summed E-state index contributed by atoms with van der Waals surface area (Å²) in [6.07, 6.45) is 3.33. The lowest BCUT2D eigenvalue weighted by molar-refractivity contribution is -0.123. The molecule has 2 aromatic rings. The molecule has 0 bridgehead atoms. The van der Waals surface area contributed by atoms with Crippen LogP contribution in [-0.2, 0) is 25.2 Å². The first-order valence-electron chi connectivity index (χ1n) is 10.4. The van der Waals surface area contributed by atoms with E-state index in [1.807, 2.05) is 6.92 Å². The number of nitrogens with two attached hydrogens (primary N) is 1. The molecule has 3 atom stereocenters. The molecule has 3 rings (SSSR count). The van der Waals surface area contributed by atoms with E-state index >= 15 is 0 Å². The first kappa shape index (κ1) is 23.1. The molecule has 3 N–H and O–H groups in total. The monoisotopic (exact) mass is 448 g/mol. The predicted molar refractivity (Wildman–Crippen MR) is 114 cm³/mol. The third-order valence-electron chi connectivity index (χ3n) is 5.32. The number of carbonyl (C=O) groups excluding carboxylic acids is 2. The van der Waals surface area contributed by atoms with Crippen LogP contribution in [0.3, 0.4) is 0 Å². The van der Waals surface area contributed by atoms with Gasteiger partial charge in [-0.1, -0.05) is 42.4 Å². The minimum atomic E-state index is -3.59. The summed E-state index contributed by atoms with van der Waals surface area (Å²) in [6.45, 7) is 1.85. The molecule has 1 fully saturated rings. The van der Waals surface area contributed by atoms with Crippen LogP contribution in [0.15, 0.2) is 34.9 Å². The van der Waals surface area contributed by atoms with E-state index in [4.69, 9.17) is 10.3 Å².